The molecule has 0 bridgehead atoms. The fourth-order valence-corrected chi connectivity index (χ4v) is 11.2. The number of carbonyl (C=O) groups excluding carboxylic acids is 2. The van der Waals surface area contributed by atoms with Gasteiger partial charge < -0.3 is 26.4 Å². The van der Waals surface area contributed by atoms with Gasteiger partial charge in [0, 0.05) is 37.0 Å². The Bertz CT molecular complexity index is 1190. The van der Waals surface area contributed by atoms with Crippen LogP contribution in [0.5, 0.6) is 0 Å². The minimum atomic E-state index is -0.348. The predicted octanol–water partition coefficient (Wildman–Crippen LogP) is 9.17. The van der Waals surface area contributed by atoms with E-state index in [1.807, 2.05) is 32.6 Å². The highest BCUT2D eigenvalue weighted by Gasteiger charge is 2.59. The number of nitrogens with one attached hydrogen (secondary N) is 1. The van der Waals surface area contributed by atoms with Crippen LogP contribution in [0.3, 0.4) is 0 Å². The first-order chi connectivity index (χ1) is 24.3. The molecule has 300 valence electrons. The van der Waals surface area contributed by atoms with Gasteiger partial charge in [-0.25, -0.2) is 0 Å². The fourth-order valence-electron chi connectivity index (χ4n) is 11.2. The van der Waals surface area contributed by atoms with Gasteiger partial charge in [0.1, 0.15) is 6.10 Å². The molecule has 4 aliphatic rings. The van der Waals surface area contributed by atoms with Gasteiger partial charge in [-0.2, -0.15) is 0 Å². The Morgan fingerprint density at radius 3 is 2.31 bits per heavy atom. The summed E-state index contributed by atoms with van der Waals surface area (Å²) in [6.07, 6.45) is 20.3. The van der Waals surface area contributed by atoms with Crippen molar-refractivity contribution in [1.82, 2.24) is 10.2 Å². The predicted molar refractivity (Wildman–Crippen MR) is 217 cm³/mol. The number of carbonyl (C=O) groups is 2. The first kappa shape index (κ1) is 43.3. The monoisotopic (exact) mass is 727 g/mol. The van der Waals surface area contributed by atoms with Crippen molar-refractivity contribution in [2.45, 2.75) is 189 Å². The smallest absolute Gasteiger partial charge is 0.306 e. The quantitative estimate of drug-likeness (QED) is 0.0656. The van der Waals surface area contributed by atoms with Crippen LogP contribution in [-0.2, 0) is 14.3 Å². The summed E-state index contributed by atoms with van der Waals surface area (Å²) in [4.78, 5) is 28.4. The zero-order valence-electron chi connectivity index (χ0n) is 35.3. The van der Waals surface area contributed by atoms with E-state index in [1.165, 1.54) is 51.4 Å². The normalized spacial score (nSPS) is 31.0. The number of ether oxygens (including phenoxy) is 1. The second kappa shape index (κ2) is 18.5. The average Bonchev–Trinajstić information content (AvgIpc) is 3.41. The summed E-state index contributed by atoms with van der Waals surface area (Å²) in [6.45, 7) is 23.7. The number of amides is 1. The molecular formula is C45H82N4O3. The van der Waals surface area contributed by atoms with Gasteiger partial charge >= 0.3 is 5.97 Å². The lowest BCUT2D eigenvalue weighted by Crippen LogP contribution is -2.51. The molecule has 0 aromatic heterocycles. The van der Waals surface area contributed by atoms with Gasteiger partial charge in [-0.05, 0) is 158 Å². The molecule has 52 heavy (non-hydrogen) atoms. The van der Waals surface area contributed by atoms with Crippen molar-refractivity contribution >= 4 is 11.9 Å². The third-order valence-electron chi connectivity index (χ3n) is 14.5. The second-order valence-corrected chi connectivity index (χ2v) is 20.5. The molecule has 8 atom stereocenters. The largest absolute Gasteiger partial charge is 0.462 e. The van der Waals surface area contributed by atoms with Crippen LogP contribution in [0, 0.1) is 46.3 Å². The molecule has 5 N–H and O–H groups in total. The minimum Gasteiger partial charge on any atom is -0.462 e. The number of allylic oxidation sites excluding steroid dienone is 1. The Morgan fingerprint density at radius 1 is 0.885 bits per heavy atom. The molecule has 3 fully saturated rings. The molecule has 0 saturated heterocycles. The van der Waals surface area contributed by atoms with Crippen molar-refractivity contribution in [3.8, 4) is 0 Å². The fraction of sp³-hybridized carbons (Fsp3) is 0.911. The van der Waals surface area contributed by atoms with Crippen LogP contribution in [0.25, 0.3) is 0 Å². The van der Waals surface area contributed by atoms with Gasteiger partial charge in [0.25, 0.3) is 0 Å². The van der Waals surface area contributed by atoms with Gasteiger partial charge in [-0.1, -0.05) is 65.5 Å². The zero-order valence-corrected chi connectivity index (χ0v) is 35.3. The number of fused-ring (bicyclic) bond motifs is 5. The third kappa shape index (κ3) is 11.8. The van der Waals surface area contributed by atoms with Gasteiger partial charge in [0.15, 0.2) is 0 Å². The Labute approximate surface area is 320 Å². The number of esters is 1. The van der Waals surface area contributed by atoms with E-state index in [1.54, 1.807) is 5.57 Å². The zero-order chi connectivity index (χ0) is 38.3. The Hall–Kier alpha value is -1.44. The van der Waals surface area contributed by atoms with Gasteiger partial charge in [-0.3, -0.25) is 9.59 Å². The standard InChI is InChI=1S/C45H82N4O3/c1-32(2)13-12-14-33(3)37-17-18-38-36-16-15-34-31-35(21-23-44(34,8)39(36)22-24-45(37,38)9)52-41(51)20-19-40(50)49(30-26-43(6,7)47)29-11-10-27-48-28-25-42(4,5)46/h15,32-33,35-39,48H,10-14,16-31,46-47H2,1-9H3/t33?,35-,36-,37+,38-,39-,44-,45+/m0/s1. The summed E-state index contributed by atoms with van der Waals surface area (Å²) in [7, 11) is 0. The van der Waals surface area contributed by atoms with E-state index in [0.29, 0.717) is 18.5 Å². The molecule has 0 aromatic rings. The van der Waals surface area contributed by atoms with Gasteiger partial charge in [0.05, 0.1) is 6.42 Å². The van der Waals surface area contributed by atoms with Crippen molar-refractivity contribution in [3.63, 3.8) is 0 Å². The third-order valence-corrected chi connectivity index (χ3v) is 14.5. The maximum Gasteiger partial charge on any atom is 0.306 e. The van der Waals surface area contributed by atoms with E-state index in [2.05, 4.69) is 46.0 Å². The molecule has 0 radical (unpaired) electrons. The number of hydrogen-bond donors (Lipinski definition) is 3. The van der Waals surface area contributed by atoms with Gasteiger partial charge in [0.2, 0.25) is 5.91 Å². The van der Waals surface area contributed by atoms with Crippen LogP contribution in [0.15, 0.2) is 11.6 Å². The topological polar surface area (TPSA) is 111 Å². The van der Waals surface area contributed by atoms with E-state index < -0.39 is 0 Å². The molecule has 7 nitrogen and oxygen atoms in total. The molecule has 4 rings (SSSR count). The van der Waals surface area contributed by atoms with Crippen LogP contribution in [0.2, 0.25) is 0 Å². The molecule has 7 heteroatoms. The maximum absolute atomic E-state index is 13.4. The molecule has 4 aliphatic carbocycles. The Morgan fingerprint density at radius 2 is 1.62 bits per heavy atom. The van der Waals surface area contributed by atoms with E-state index in [4.69, 9.17) is 16.2 Å². The average molecular weight is 727 g/mol. The number of hydrogen-bond acceptors (Lipinski definition) is 6. The van der Waals surface area contributed by atoms with Gasteiger partial charge in [-0.15, -0.1) is 0 Å². The second-order valence-electron chi connectivity index (χ2n) is 20.5. The highest BCUT2D eigenvalue weighted by Crippen LogP contribution is 2.67. The Kier molecular flexibility index (Phi) is 15.4. The molecule has 0 heterocycles. The van der Waals surface area contributed by atoms with E-state index in [0.717, 1.165) is 93.5 Å². The molecule has 0 aromatic carbocycles. The lowest BCUT2D eigenvalue weighted by Gasteiger charge is -2.58. The lowest BCUT2D eigenvalue weighted by atomic mass is 9.47. The highest BCUT2D eigenvalue weighted by molar-refractivity contribution is 5.81. The summed E-state index contributed by atoms with van der Waals surface area (Å²) >= 11 is 0. The maximum atomic E-state index is 13.4. The van der Waals surface area contributed by atoms with E-state index in [9.17, 15) is 9.59 Å². The van der Waals surface area contributed by atoms with Crippen molar-refractivity contribution < 1.29 is 14.3 Å². The number of rotatable bonds is 20. The molecule has 1 amide bonds. The number of nitrogens with two attached hydrogens (primary N) is 2. The summed E-state index contributed by atoms with van der Waals surface area (Å²) in [6, 6.07) is 0. The van der Waals surface area contributed by atoms with Crippen molar-refractivity contribution in [2.75, 3.05) is 26.2 Å². The molecule has 1 unspecified atom stereocenters. The summed E-state index contributed by atoms with van der Waals surface area (Å²) in [5.74, 6) is 4.75. The summed E-state index contributed by atoms with van der Waals surface area (Å²) < 4.78 is 6.11. The lowest BCUT2D eigenvalue weighted by molar-refractivity contribution is -0.153. The van der Waals surface area contributed by atoms with Crippen LogP contribution < -0.4 is 16.8 Å². The first-order valence-corrected chi connectivity index (χ1v) is 21.8. The van der Waals surface area contributed by atoms with Crippen LogP contribution in [0.1, 0.15) is 171 Å². The molecule has 0 spiro atoms. The number of unbranched alkanes of at least 4 members (excludes halogenated alkanes) is 1. The number of nitrogens with zero attached hydrogens (tertiary/aromatic N) is 1. The van der Waals surface area contributed by atoms with Crippen molar-refractivity contribution in [1.29, 1.82) is 0 Å². The van der Waals surface area contributed by atoms with Crippen LogP contribution in [-0.4, -0.2) is 60.1 Å². The van der Waals surface area contributed by atoms with Crippen molar-refractivity contribution in [2.24, 2.45) is 57.8 Å². The SMILES string of the molecule is CC(C)CCCC(C)[C@H]1CC[C@H]2[C@@H]3CC=C4C[C@@H](OC(=O)CCC(=O)N(CCCCNCCC(C)(C)N)CCC(C)(C)N)CC[C@]4(C)[C@H]3CC[C@]12C. The van der Waals surface area contributed by atoms with E-state index in [-0.39, 0.29) is 47.3 Å². The van der Waals surface area contributed by atoms with Crippen LogP contribution in [0.4, 0.5) is 0 Å². The molecular weight excluding hydrogens is 645 g/mol. The van der Waals surface area contributed by atoms with Crippen LogP contribution >= 0.6 is 0 Å². The first-order valence-electron chi connectivity index (χ1n) is 21.8. The van der Waals surface area contributed by atoms with Crippen molar-refractivity contribution in [3.05, 3.63) is 11.6 Å². The van der Waals surface area contributed by atoms with E-state index >= 15 is 0 Å². The highest BCUT2D eigenvalue weighted by atomic mass is 16.5. The summed E-state index contributed by atoms with van der Waals surface area (Å²) in [5, 5.41) is 3.47. The molecule has 3 saturated carbocycles. The minimum absolute atomic E-state index is 0.0275. The Balaban J connectivity index is 1.25. The summed E-state index contributed by atoms with van der Waals surface area (Å²) in [5.41, 5.74) is 14.1. The molecule has 0 aliphatic heterocycles.